The molecule has 0 spiro atoms. The SMILES string of the molecule is COc1cc(OC)cc(C(=O)N(CCc2ccccc2)Cc2cccs2)c1. The molecule has 0 aliphatic carbocycles. The van der Waals surface area contributed by atoms with Crippen molar-refractivity contribution in [1.29, 1.82) is 0 Å². The summed E-state index contributed by atoms with van der Waals surface area (Å²) in [5.41, 5.74) is 1.78. The van der Waals surface area contributed by atoms with Crippen LogP contribution in [0.1, 0.15) is 20.8 Å². The predicted molar refractivity (Wildman–Crippen MR) is 109 cm³/mol. The van der Waals surface area contributed by atoms with E-state index in [1.807, 2.05) is 34.5 Å². The standard InChI is InChI=1S/C22H23NO3S/c1-25-19-13-18(14-20(15-19)26-2)22(24)23(16-21-9-6-12-27-21)11-10-17-7-4-3-5-8-17/h3-9,12-15H,10-11,16H2,1-2H3. The summed E-state index contributed by atoms with van der Waals surface area (Å²) < 4.78 is 10.6. The van der Waals surface area contributed by atoms with Gasteiger partial charge < -0.3 is 14.4 Å². The smallest absolute Gasteiger partial charge is 0.254 e. The van der Waals surface area contributed by atoms with Crippen molar-refractivity contribution in [2.45, 2.75) is 13.0 Å². The third-order valence-electron chi connectivity index (χ3n) is 4.33. The van der Waals surface area contributed by atoms with Gasteiger partial charge in [-0.3, -0.25) is 4.79 Å². The summed E-state index contributed by atoms with van der Waals surface area (Å²) in [6.07, 6.45) is 0.805. The van der Waals surface area contributed by atoms with Crippen molar-refractivity contribution < 1.29 is 14.3 Å². The Morgan fingerprint density at radius 1 is 0.963 bits per heavy atom. The molecule has 0 saturated heterocycles. The Morgan fingerprint density at radius 3 is 2.26 bits per heavy atom. The van der Waals surface area contributed by atoms with E-state index in [9.17, 15) is 4.79 Å². The molecule has 1 amide bonds. The molecule has 2 aromatic carbocycles. The molecule has 0 radical (unpaired) electrons. The van der Waals surface area contributed by atoms with Gasteiger partial charge in [-0.25, -0.2) is 0 Å². The van der Waals surface area contributed by atoms with Crippen LogP contribution in [-0.4, -0.2) is 31.6 Å². The fourth-order valence-corrected chi connectivity index (χ4v) is 3.58. The zero-order chi connectivity index (χ0) is 19.1. The van der Waals surface area contributed by atoms with Gasteiger partial charge in [0.25, 0.3) is 5.91 Å². The lowest BCUT2D eigenvalue weighted by Crippen LogP contribution is -2.32. The minimum absolute atomic E-state index is 0.0310. The van der Waals surface area contributed by atoms with Crippen LogP contribution in [-0.2, 0) is 13.0 Å². The Hall–Kier alpha value is -2.79. The predicted octanol–water partition coefficient (Wildman–Crippen LogP) is 4.65. The number of hydrogen-bond acceptors (Lipinski definition) is 4. The highest BCUT2D eigenvalue weighted by molar-refractivity contribution is 7.09. The fraction of sp³-hybridized carbons (Fsp3) is 0.227. The van der Waals surface area contributed by atoms with Crippen LogP contribution in [0.5, 0.6) is 11.5 Å². The topological polar surface area (TPSA) is 38.8 Å². The monoisotopic (exact) mass is 381 g/mol. The molecule has 0 fully saturated rings. The van der Waals surface area contributed by atoms with Crippen molar-refractivity contribution in [3.8, 4) is 11.5 Å². The van der Waals surface area contributed by atoms with E-state index >= 15 is 0 Å². The molecule has 0 N–H and O–H groups in total. The van der Waals surface area contributed by atoms with E-state index in [1.54, 1.807) is 43.8 Å². The van der Waals surface area contributed by atoms with E-state index < -0.39 is 0 Å². The molecule has 0 unspecified atom stereocenters. The molecule has 3 rings (SSSR count). The Labute approximate surface area is 164 Å². The van der Waals surface area contributed by atoms with Crippen LogP contribution in [0.3, 0.4) is 0 Å². The number of benzene rings is 2. The maximum absolute atomic E-state index is 13.2. The van der Waals surface area contributed by atoms with Gasteiger partial charge in [-0.05, 0) is 35.6 Å². The van der Waals surface area contributed by atoms with Gasteiger partial charge in [-0.15, -0.1) is 11.3 Å². The molecular formula is C22H23NO3S. The Kier molecular flexibility index (Phi) is 6.49. The zero-order valence-corrected chi connectivity index (χ0v) is 16.4. The number of hydrogen-bond donors (Lipinski definition) is 0. The van der Waals surface area contributed by atoms with Crippen molar-refractivity contribution in [2.75, 3.05) is 20.8 Å². The van der Waals surface area contributed by atoms with Crippen molar-refractivity contribution >= 4 is 17.2 Å². The van der Waals surface area contributed by atoms with Gasteiger partial charge in [0, 0.05) is 23.1 Å². The molecule has 0 aliphatic heterocycles. The molecule has 0 saturated carbocycles. The number of methoxy groups -OCH3 is 2. The molecule has 3 aromatic rings. The molecular weight excluding hydrogens is 358 g/mol. The summed E-state index contributed by atoms with van der Waals surface area (Å²) in [5, 5.41) is 2.03. The zero-order valence-electron chi connectivity index (χ0n) is 15.6. The van der Waals surface area contributed by atoms with Crippen molar-refractivity contribution in [1.82, 2.24) is 4.90 Å². The summed E-state index contributed by atoms with van der Waals surface area (Å²) in [5.74, 6) is 1.19. The van der Waals surface area contributed by atoms with Gasteiger partial charge in [0.05, 0.1) is 20.8 Å². The van der Waals surface area contributed by atoms with Crippen LogP contribution in [0.15, 0.2) is 66.0 Å². The quantitative estimate of drug-likeness (QED) is 0.570. The molecule has 0 bridgehead atoms. The molecule has 1 aromatic heterocycles. The van der Waals surface area contributed by atoms with Crippen molar-refractivity contribution in [3.05, 3.63) is 82.0 Å². The van der Waals surface area contributed by atoms with E-state index in [0.29, 0.717) is 30.2 Å². The second-order valence-corrected chi connectivity index (χ2v) is 7.18. The number of ether oxygens (including phenoxy) is 2. The first-order chi connectivity index (χ1) is 13.2. The lowest BCUT2D eigenvalue weighted by atomic mass is 10.1. The second kappa shape index (κ2) is 9.24. The van der Waals surface area contributed by atoms with Crippen molar-refractivity contribution in [3.63, 3.8) is 0 Å². The summed E-state index contributed by atoms with van der Waals surface area (Å²) >= 11 is 1.66. The van der Waals surface area contributed by atoms with Crippen LogP contribution in [0.4, 0.5) is 0 Å². The average molecular weight is 381 g/mol. The number of thiophene rings is 1. The van der Waals surface area contributed by atoms with Crippen molar-refractivity contribution in [2.24, 2.45) is 0 Å². The average Bonchev–Trinajstić information content (AvgIpc) is 3.24. The first-order valence-corrected chi connectivity index (χ1v) is 9.66. The fourth-order valence-electron chi connectivity index (χ4n) is 2.87. The van der Waals surface area contributed by atoms with Gasteiger partial charge >= 0.3 is 0 Å². The maximum atomic E-state index is 13.2. The summed E-state index contributed by atoms with van der Waals surface area (Å²) in [4.78, 5) is 16.3. The van der Waals surface area contributed by atoms with Crippen LogP contribution in [0.25, 0.3) is 0 Å². The van der Waals surface area contributed by atoms with Gasteiger partial charge in [-0.1, -0.05) is 36.4 Å². The Morgan fingerprint density at radius 2 is 1.67 bits per heavy atom. The minimum atomic E-state index is -0.0310. The summed E-state index contributed by atoms with van der Waals surface area (Å²) in [7, 11) is 3.17. The normalized spacial score (nSPS) is 10.4. The van der Waals surface area contributed by atoms with Crippen LogP contribution >= 0.6 is 11.3 Å². The van der Waals surface area contributed by atoms with E-state index in [0.717, 1.165) is 11.3 Å². The van der Waals surface area contributed by atoms with E-state index in [2.05, 4.69) is 18.2 Å². The minimum Gasteiger partial charge on any atom is -0.497 e. The largest absolute Gasteiger partial charge is 0.497 e. The molecule has 27 heavy (non-hydrogen) atoms. The molecule has 4 nitrogen and oxygen atoms in total. The van der Waals surface area contributed by atoms with Crippen LogP contribution in [0, 0.1) is 0 Å². The second-order valence-electron chi connectivity index (χ2n) is 6.14. The molecule has 0 atom stereocenters. The van der Waals surface area contributed by atoms with E-state index in [4.69, 9.17) is 9.47 Å². The third kappa shape index (κ3) is 5.11. The number of carbonyl (C=O) groups excluding carboxylic acids is 1. The third-order valence-corrected chi connectivity index (χ3v) is 5.19. The van der Waals surface area contributed by atoms with Gasteiger partial charge in [0.2, 0.25) is 0 Å². The molecule has 0 aliphatic rings. The van der Waals surface area contributed by atoms with E-state index in [1.165, 1.54) is 5.56 Å². The lowest BCUT2D eigenvalue weighted by Gasteiger charge is -2.23. The number of rotatable bonds is 8. The highest BCUT2D eigenvalue weighted by Crippen LogP contribution is 2.24. The number of nitrogens with zero attached hydrogens (tertiary/aromatic N) is 1. The van der Waals surface area contributed by atoms with Gasteiger partial charge in [-0.2, -0.15) is 0 Å². The lowest BCUT2D eigenvalue weighted by molar-refractivity contribution is 0.0746. The van der Waals surface area contributed by atoms with Gasteiger partial charge in [0.1, 0.15) is 11.5 Å². The molecule has 5 heteroatoms. The van der Waals surface area contributed by atoms with Gasteiger partial charge in [0.15, 0.2) is 0 Å². The van der Waals surface area contributed by atoms with E-state index in [-0.39, 0.29) is 5.91 Å². The maximum Gasteiger partial charge on any atom is 0.254 e. The summed E-state index contributed by atoms with van der Waals surface area (Å²) in [6.45, 7) is 1.23. The summed E-state index contributed by atoms with van der Waals surface area (Å²) in [6, 6.07) is 19.6. The molecule has 140 valence electrons. The first kappa shape index (κ1) is 19.0. The van der Waals surface area contributed by atoms with Crippen LogP contribution in [0.2, 0.25) is 0 Å². The highest BCUT2D eigenvalue weighted by atomic mass is 32.1. The first-order valence-electron chi connectivity index (χ1n) is 8.78. The Bertz CT molecular complexity index is 840. The van der Waals surface area contributed by atoms with Crippen LogP contribution < -0.4 is 9.47 Å². The number of carbonyl (C=O) groups is 1. The highest BCUT2D eigenvalue weighted by Gasteiger charge is 2.18. The molecule has 1 heterocycles. The Balaban J connectivity index is 1.83. The number of amides is 1.